The third-order valence-electron chi connectivity index (χ3n) is 4.81. The van der Waals surface area contributed by atoms with Gasteiger partial charge < -0.3 is 11.1 Å². The highest BCUT2D eigenvalue weighted by Gasteiger charge is 2.51. The van der Waals surface area contributed by atoms with Crippen LogP contribution in [0.2, 0.25) is 5.02 Å². The average molecular weight is 332 g/mol. The molecule has 6 heteroatoms. The fourth-order valence-corrected chi connectivity index (χ4v) is 3.81. The maximum atomic E-state index is 14.8. The molecule has 1 fully saturated rings. The molecular weight excluding hydrogens is 317 g/mol. The topological polar surface area (TPSA) is 68.0 Å². The van der Waals surface area contributed by atoms with Gasteiger partial charge in [-0.15, -0.1) is 0 Å². The molecule has 0 amide bonds. The Morgan fingerprint density at radius 2 is 2.13 bits per heavy atom. The normalized spacial score (nSPS) is 17.0. The van der Waals surface area contributed by atoms with E-state index in [9.17, 15) is 9.18 Å². The first kappa shape index (κ1) is 14.5. The molecule has 23 heavy (non-hydrogen) atoms. The molecule has 1 aromatic carbocycles. The highest BCUT2D eigenvalue weighted by atomic mass is 35.5. The van der Waals surface area contributed by atoms with Crippen LogP contribution < -0.4 is 11.1 Å². The number of halogens is 2. The van der Waals surface area contributed by atoms with E-state index in [0.29, 0.717) is 10.6 Å². The molecule has 0 atom stereocenters. The fraction of sp³-hybridized carbons (Fsp3) is 0.294. The van der Waals surface area contributed by atoms with Gasteiger partial charge in [-0.2, -0.15) is 0 Å². The lowest BCUT2D eigenvalue weighted by atomic mass is 9.94. The summed E-state index contributed by atoms with van der Waals surface area (Å²) in [6, 6.07) is 3.08. The molecule has 3 N–H and O–H groups in total. The smallest absolute Gasteiger partial charge is 0.164 e. The van der Waals surface area contributed by atoms with Crippen LogP contribution in [0.25, 0.3) is 11.1 Å². The number of hydrogen-bond donors (Lipinski definition) is 2. The summed E-state index contributed by atoms with van der Waals surface area (Å²) >= 11 is 6.59. The van der Waals surface area contributed by atoms with Gasteiger partial charge >= 0.3 is 0 Å². The van der Waals surface area contributed by atoms with E-state index < -0.39 is 11.6 Å². The Labute approximate surface area is 137 Å². The fourth-order valence-electron chi connectivity index (χ4n) is 3.37. The zero-order chi connectivity index (χ0) is 16.4. The summed E-state index contributed by atoms with van der Waals surface area (Å²) in [5, 5.41) is 3.77. The molecule has 4 rings (SSSR count). The van der Waals surface area contributed by atoms with Gasteiger partial charge in [0, 0.05) is 40.5 Å². The molecule has 2 aromatic rings. The largest absolute Gasteiger partial charge is 0.398 e. The summed E-state index contributed by atoms with van der Waals surface area (Å²) in [5.74, 6) is -0.275. The predicted molar refractivity (Wildman–Crippen MR) is 88.5 cm³/mol. The molecule has 118 valence electrons. The molecule has 1 aliphatic carbocycles. The van der Waals surface area contributed by atoms with E-state index in [0.717, 1.165) is 30.8 Å². The van der Waals surface area contributed by atoms with E-state index in [1.54, 1.807) is 12.3 Å². The monoisotopic (exact) mass is 331 g/mol. The number of hydrogen-bond acceptors (Lipinski definition) is 4. The van der Waals surface area contributed by atoms with Gasteiger partial charge in [0.05, 0.1) is 10.6 Å². The Morgan fingerprint density at radius 1 is 1.39 bits per heavy atom. The number of rotatable bonds is 2. The highest BCUT2D eigenvalue weighted by Crippen LogP contribution is 2.57. The minimum Gasteiger partial charge on any atom is -0.398 e. The molecule has 0 radical (unpaired) electrons. The second-order valence-corrected chi connectivity index (χ2v) is 6.67. The lowest BCUT2D eigenvalue weighted by Gasteiger charge is -2.14. The number of nitrogens with zero attached hydrogens (tertiary/aromatic N) is 1. The summed E-state index contributed by atoms with van der Waals surface area (Å²) in [7, 11) is 0. The molecule has 4 nitrogen and oxygen atoms in total. The third-order valence-corrected chi connectivity index (χ3v) is 5.20. The highest BCUT2D eigenvalue weighted by molar-refractivity contribution is 6.34. The summed E-state index contributed by atoms with van der Waals surface area (Å²) in [5.41, 5.74) is 7.53. The van der Waals surface area contributed by atoms with E-state index in [1.165, 1.54) is 13.0 Å². The molecule has 0 saturated heterocycles. The number of carbonyl (C=O) groups is 1. The van der Waals surface area contributed by atoms with Gasteiger partial charge in [-0.3, -0.25) is 4.79 Å². The van der Waals surface area contributed by atoms with Crippen molar-refractivity contribution in [1.29, 1.82) is 0 Å². The third kappa shape index (κ3) is 1.96. The molecule has 2 aliphatic rings. The van der Waals surface area contributed by atoms with E-state index >= 15 is 0 Å². The number of benzene rings is 1. The van der Waals surface area contributed by atoms with Gasteiger partial charge in [0.15, 0.2) is 5.78 Å². The quantitative estimate of drug-likeness (QED) is 0.649. The molecular formula is C17H15ClFN3O. The van der Waals surface area contributed by atoms with Crippen LogP contribution in [-0.2, 0) is 5.41 Å². The molecule has 1 spiro atoms. The van der Waals surface area contributed by atoms with Crippen LogP contribution in [0.5, 0.6) is 0 Å². The Kier molecular flexibility index (Phi) is 2.94. The van der Waals surface area contributed by atoms with Crippen molar-refractivity contribution in [3.63, 3.8) is 0 Å². The van der Waals surface area contributed by atoms with Crippen molar-refractivity contribution < 1.29 is 9.18 Å². The summed E-state index contributed by atoms with van der Waals surface area (Å²) in [6.45, 7) is 2.12. The second-order valence-electron chi connectivity index (χ2n) is 6.29. The van der Waals surface area contributed by atoms with Crippen LogP contribution in [0, 0.1) is 5.82 Å². The molecule has 1 aromatic heterocycles. The van der Waals surface area contributed by atoms with Gasteiger partial charge in [0.1, 0.15) is 11.6 Å². The van der Waals surface area contributed by atoms with Crippen LogP contribution in [0.1, 0.15) is 35.7 Å². The Bertz CT molecular complexity index is 861. The minimum absolute atomic E-state index is 0.0448. The first-order chi connectivity index (χ1) is 10.9. The number of pyridine rings is 1. The Hall–Kier alpha value is -2.14. The van der Waals surface area contributed by atoms with Crippen molar-refractivity contribution in [2.75, 3.05) is 17.6 Å². The molecule has 0 bridgehead atoms. The van der Waals surface area contributed by atoms with Crippen LogP contribution >= 0.6 is 11.6 Å². The van der Waals surface area contributed by atoms with Crippen LogP contribution in [-0.4, -0.2) is 17.3 Å². The number of nitrogen functional groups attached to an aromatic ring is 1. The summed E-state index contributed by atoms with van der Waals surface area (Å²) in [4.78, 5) is 16.1. The maximum absolute atomic E-state index is 14.8. The van der Waals surface area contributed by atoms with Crippen molar-refractivity contribution in [3.8, 4) is 11.1 Å². The molecule has 1 aliphatic heterocycles. The van der Waals surface area contributed by atoms with Crippen molar-refractivity contribution in [2.45, 2.75) is 25.2 Å². The zero-order valence-electron chi connectivity index (χ0n) is 12.5. The number of ketones is 1. The van der Waals surface area contributed by atoms with Gasteiger partial charge in [-0.1, -0.05) is 11.6 Å². The average Bonchev–Trinajstić information content (AvgIpc) is 3.16. The van der Waals surface area contributed by atoms with Crippen LogP contribution in [0.4, 0.5) is 15.9 Å². The Morgan fingerprint density at radius 3 is 2.78 bits per heavy atom. The number of nitrogens with one attached hydrogen (secondary N) is 1. The molecule has 1 saturated carbocycles. The van der Waals surface area contributed by atoms with E-state index in [2.05, 4.69) is 10.3 Å². The first-order valence-electron chi connectivity index (χ1n) is 7.47. The zero-order valence-corrected chi connectivity index (χ0v) is 13.3. The van der Waals surface area contributed by atoms with Gasteiger partial charge in [-0.25, -0.2) is 9.37 Å². The van der Waals surface area contributed by atoms with Crippen molar-refractivity contribution in [2.24, 2.45) is 0 Å². The predicted octanol–water partition coefficient (Wildman–Crippen LogP) is 3.78. The standard InChI is InChI=1S/C17H15ClFN3O/c1-8(23)12-11(20)3-2-9(15(12)19)10-6-21-16-13(14(10)18)17(4-5-17)7-22-16/h2-3,6H,4-5,7,20H2,1H3,(H,21,22). The minimum atomic E-state index is -0.642. The number of nitrogens with two attached hydrogens (primary N) is 1. The van der Waals surface area contributed by atoms with E-state index in [-0.39, 0.29) is 22.2 Å². The Balaban J connectivity index is 1.94. The lowest BCUT2D eigenvalue weighted by Crippen LogP contribution is -2.09. The van der Waals surface area contributed by atoms with E-state index in [1.807, 2.05) is 0 Å². The van der Waals surface area contributed by atoms with Crippen molar-refractivity contribution >= 4 is 28.9 Å². The number of carbonyl (C=O) groups excluding carboxylic acids is 1. The van der Waals surface area contributed by atoms with Gasteiger partial charge in [0.25, 0.3) is 0 Å². The van der Waals surface area contributed by atoms with Gasteiger partial charge in [-0.05, 0) is 31.9 Å². The summed E-state index contributed by atoms with van der Waals surface area (Å²) in [6.07, 6.45) is 3.66. The number of fused-ring (bicyclic) bond motifs is 2. The number of anilines is 2. The van der Waals surface area contributed by atoms with E-state index in [4.69, 9.17) is 17.3 Å². The lowest BCUT2D eigenvalue weighted by molar-refractivity contribution is 0.101. The molecule has 0 unspecified atom stereocenters. The van der Waals surface area contributed by atoms with Gasteiger partial charge in [0.2, 0.25) is 0 Å². The SMILES string of the molecule is CC(=O)c1c(N)ccc(-c2cnc3c(c2Cl)C2(CC2)CN3)c1F. The first-order valence-corrected chi connectivity index (χ1v) is 7.84. The second kappa shape index (κ2) is 4.68. The van der Waals surface area contributed by atoms with Crippen molar-refractivity contribution in [3.05, 3.63) is 40.3 Å². The van der Waals surface area contributed by atoms with Crippen LogP contribution in [0.15, 0.2) is 18.3 Å². The van der Waals surface area contributed by atoms with Crippen molar-refractivity contribution in [1.82, 2.24) is 4.98 Å². The number of aromatic nitrogens is 1. The summed E-state index contributed by atoms with van der Waals surface area (Å²) < 4.78 is 14.8. The van der Waals surface area contributed by atoms with Crippen LogP contribution in [0.3, 0.4) is 0 Å². The maximum Gasteiger partial charge on any atom is 0.164 e. The molecule has 2 heterocycles. The number of Topliss-reactive ketones (excluding diaryl/α,β-unsaturated/α-hetero) is 1.